The van der Waals surface area contributed by atoms with Gasteiger partial charge in [-0.3, -0.25) is 9.69 Å². The Morgan fingerprint density at radius 2 is 1.89 bits per heavy atom. The molecule has 8 nitrogen and oxygen atoms in total. The summed E-state index contributed by atoms with van der Waals surface area (Å²) in [6, 6.07) is 2.86. The van der Waals surface area contributed by atoms with E-state index in [1.165, 1.54) is 0 Å². The third kappa shape index (κ3) is 6.83. The lowest BCUT2D eigenvalue weighted by atomic mass is 9.92. The summed E-state index contributed by atoms with van der Waals surface area (Å²) in [4.78, 5) is 26.9. The predicted molar refractivity (Wildman–Crippen MR) is 107 cm³/mol. The van der Waals surface area contributed by atoms with E-state index in [1.807, 2.05) is 0 Å². The normalized spacial score (nSPS) is 17.1. The fraction of sp³-hybridized carbons (Fsp3) is 0.700. The molecule has 1 aromatic rings. The van der Waals surface area contributed by atoms with Gasteiger partial charge in [0.05, 0.1) is 26.0 Å². The molecule has 2 atom stereocenters. The van der Waals surface area contributed by atoms with E-state index in [0.29, 0.717) is 24.8 Å². The van der Waals surface area contributed by atoms with Crippen molar-refractivity contribution in [2.45, 2.75) is 52.2 Å². The summed E-state index contributed by atoms with van der Waals surface area (Å²) in [5.41, 5.74) is 0. The third-order valence-corrected chi connectivity index (χ3v) is 5.34. The van der Waals surface area contributed by atoms with Crippen LogP contribution in [-0.4, -0.2) is 61.8 Å². The van der Waals surface area contributed by atoms with Gasteiger partial charge in [-0.1, -0.05) is 26.7 Å². The van der Waals surface area contributed by atoms with Crippen LogP contribution in [0.4, 0.5) is 4.79 Å². The molecule has 1 saturated heterocycles. The smallest absolute Gasteiger partial charge is 0.315 e. The number of hydrogen-bond donors (Lipinski definition) is 3. The first kappa shape index (κ1) is 22.2. The molecule has 158 valence electrons. The van der Waals surface area contributed by atoms with Crippen LogP contribution in [0.25, 0.3) is 0 Å². The van der Waals surface area contributed by atoms with Gasteiger partial charge in [0.1, 0.15) is 11.8 Å². The van der Waals surface area contributed by atoms with Gasteiger partial charge in [-0.25, -0.2) is 4.79 Å². The zero-order valence-electron chi connectivity index (χ0n) is 17.2. The van der Waals surface area contributed by atoms with Crippen molar-refractivity contribution in [3.8, 4) is 0 Å². The van der Waals surface area contributed by atoms with E-state index < -0.39 is 6.04 Å². The van der Waals surface area contributed by atoms with E-state index in [4.69, 9.17) is 9.15 Å². The monoisotopic (exact) mass is 394 g/mol. The highest BCUT2D eigenvalue weighted by molar-refractivity contribution is 5.86. The largest absolute Gasteiger partial charge is 0.467 e. The van der Waals surface area contributed by atoms with Crippen molar-refractivity contribution in [3.05, 3.63) is 24.2 Å². The quantitative estimate of drug-likeness (QED) is 0.562. The third-order valence-electron chi connectivity index (χ3n) is 5.34. The second-order valence-corrected chi connectivity index (χ2v) is 7.17. The number of furan rings is 1. The zero-order chi connectivity index (χ0) is 20.4. The molecule has 2 rings (SSSR count). The Hall–Kier alpha value is -2.06. The summed E-state index contributed by atoms with van der Waals surface area (Å²) in [5.74, 6) is 0.923. The van der Waals surface area contributed by atoms with Crippen LogP contribution in [0.5, 0.6) is 0 Å². The molecule has 0 saturated carbocycles. The molecule has 1 aliphatic rings. The van der Waals surface area contributed by atoms with Gasteiger partial charge in [0.2, 0.25) is 5.91 Å². The average Bonchev–Trinajstić information content (AvgIpc) is 3.23. The Balaban J connectivity index is 1.79. The number of carbonyl (C=O) groups excluding carboxylic acids is 2. The minimum atomic E-state index is -0.634. The molecule has 3 N–H and O–H groups in total. The number of hydrogen-bond acceptors (Lipinski definition) is 5. The average molecular weight is 395 g/mol. The van der Waals surface area contributed by atoms with Gasteiger partial charge in [0.25, 0.3) is 0 Å². The van der Waals surface area contributed by atoms with E-state index in [2.05, 4.69) is 34.7 Å². The van der Waals surface area contributed by atoms with Crippen LogP contribution in [0.3, 0.4) is 0 Å². The van der Waals surface area contributed by atoms with Gasteiger partial charge < -0.3 is 25.1 Å². The number of ether oxygens (including phenoxy) is 1. The van der Waals surface area contributed by atoms with E-state index in [1.54, 1.807) is 25.3 Å². The standard InChI is InChI=1S/C20H34N4O4/c1-4-16(5-2)18(24-8-11-27-12-9-24)14-22-20(26)23-15(3)19(25)21-13-17-7-6-10-28-17/h6-7,10,15-16,18H,4-5,8-9,11-14H2,1-3H3,(H,21,25)(H2,22,23,26). The molecule has 1 aromatic heterocycles. The van der Waals surface area contributed by atoms with Gasteiger partial charge >= 0.3 is 6.03 Å². The highest BCUT2D eigenvalue weighted by atomic mass is 16.5. The minimum absolute atomic E-state index is 0.253. The molecular weight excluding hydrogens is 360 g/mol. The van der Waals surface area contributed by atoms with Crippen LogP contribution in [0.2, 0.25) is 0 Å². The van der Waals surface area contributed by atoms with E-state index >= 15 is 0 Å². The Kier molecular flexibility index (Phi) is 9.30. The fourth-order valence-electron chi connectivity index (χ4n) is 3.59. The van der Waals surface area contributed by atoms with Crippen molar-refractivity contribution in [1.82, 2.24) is 20.9 Å². The van der Waals surface area contributed by atoms with Gasteiger partial charge in [-0.2, -0.15) is 0 Å². The number of carbonyl (C=O) groups is 2. The first-order valence-corrected chi connectivity index (χ1v) is 10.2. The van der Waals surface area contributed by atoms with Crippen LogP contribution < -0.4 is 16.0 Å². The summed E-state index contributed by atoms with van der Waals surface area (Å²) in [6.07, 6.45) is 3.68. The number of morpholine rings is 1. The predicted octanol–water partition coefficient (Wildman–Crippen LogP) is 1.72. The molecule has 0 spiro atoms. The molecule has 1 fully saturated rings. The first-order valence-electron chi connectivity index (χ1n) is 10.2. The minimum Gasteiger partial charge on any atom is -0.467 e. The lowest BCUT2D eigenvalue weighted by molar-refractivity contribution is -0.122. The van der Waals surface area contributed by atoms with Crippen molar-refractivity contribution in [2.75, 3.05) is 32.8 Å². The van der Waals surface area contributed by atoms with Gasteiger partial charge in [0, 0.05) is 25.7 Å². The highest BCUT2D eigenvalue weighted by Crippen LogP contribution is 2.19. The summed E-state index contributed by atoms with van der Waals surface area (Å²) in [6.45, 7) is 10.1. The molecule has 3 amide bonds. The molecule has 28 heavy (non-hydrogen) atoms. The number of amides is 3. The molecule has 0 radical (unpaired) electrons. The van der Waals surface area contributed by atoms with E-state index in [0.717, 1.165) is 39.1 Å². The Morgan fingerprint density at radius 3 is 2.50 bits per heavy atom. The molecule has 1 aliphatic heterocycles. The number of urea groups is 1. The summed E-state index contributed by atoms with van der Waals surface area (Å²) >= 11 is 0. The molecule has 0 aromatic carbocycles. The van der Waals surface area contributed by atoms with Crippen LogP contribution in [0.15, 0.2) is 22.8 Å². The molecule has 2 heterocycles. The lowest BCUT2D eigenvalue weighted by Crippen LogP contribution is -2.54. The maximum atomic E-state index is 12.3. The maximum absolute atomic E-state index is 12.3. The van der Waals surface area contributed by atoms with Crippen molar-refractivity contribution in [2.24, 2.45) is 5.92 Å². The SMILES string of the molecule is CCC(CC)C(CNC(=O)NC(C)C(=O)NCc1ccco1)N1CCOCC1. The lowest BCUT2D eigenvalue weighted by Gasteiger charge is -2.38. The van der Waals surface area contributed by atoms with E-state index in [-0.39, 0.29) is 18.0 Å². The van der Waals surface area contributed by atoms with Crippen LogP contribution >= 0.6 is 0 Å². The fourth-order valence-corrected chi connectivity index (χ4v) is 3.59. The van der Waals surface area contributed by atoms with Crippen LogP contribution in [-0.2, 0) is 16.1 Å². The molecule has 0 aliphatic carbocycles. The van der Waals surface area contributed by atoms with Crippen molar-refractivity contribution >= 4 is 11.9 Å². The Labute approximate surface area is 167 Å². The molecular formula is C20H34N4O4. The number of nitrogens with one attached hydrogen (secondary N) is 3. The summed E-state index contributed by atoms with van der Waals surface area (Å²) in [5, 5.41) is 8.41. The summed E-state index contributed by atoms with van der Waals surface area (Å²) in [7, 11) is 0. The number of nitrogens with zero attached hydrogens (tertiary/aromatic N) is 1. The zero-order valence-corrected chi connectivity index (χ0v) is 17.2. The van der Waals surface area contributed by atoms with Gasteiger partial charge in [0.15, 0.2) is 0 Å². The number of rotatable bonds is 10. The Morgan fingerprint density at radius 1 is 1.18 bits per heavy atom. The second-order valence-electron chi connectivity index (χ2n) is 7.17. The van der Waals surface area contributed by atoms with Gasteiger partial charge in [-0.05, 0) is 25.0 Å². The Bertz CT molecular complexity index is 583. The summed E-state index contributed by atoms with van der Waals surface area (Å²) < 4.78 is 10.6. The first-order chi connectivity index (χ1) is 13.5. The van der Waals surface area contributed by atoms with Gasteiger partial charge in [-0.15, -0.1) is 0 Å². The van der Waals surface area contributed by atoms with Crippen molar-refractivity contribution < 1.29 is 18.7 Å². The molecule has 2 unspecified atom stereocenters. The van der Waals surface area contributed by atoms with E-state index in [9.17, 15) is 9.59 Å². The van der Waals surface area contributed by atoms with Crippen LogP contribution in [0, 0.1) is 5.92 Å². The highest BCUT2D eigenvalue weighted by Gasteiger charge is 2.27. The molecule has 8 heteroatoms. The van der Waals surface area contributed by atoms with Crippen molar-refractivity contribution in [1.29, 1.82) is 0 Å². The molecule has 0 bridgehead atoms. The topological polar surface area (TPSA) is 95.8 Å². The van der Waals surface area contributed by atoms with Crippen molar-refractivity contribution in [3.63, 3.8) is 0 Å². The van der Waals surface area contributed by atoms with Crippen LogP contribution in [0.1, 0.15) is 39.4 Å². The second kappa shape index (κ2) is 11.7. The maximum Gasteiger partial charge on any atom is 0.315 e.